The van der Waals surface area contributed by atoms with Gasteiger partial charge in [0.05, 0.1) is 7.11 Å². The first kappa shape index (κ1) is 15.0. The third kappa shape index (κ3) is 3.89. The van der Waals surface area contributed by atoms with Gasteiger partial charge in [0.1, 0.15) is 11.5 Å². The van der Waals surface area contributed by atoms with E-state index in [1.54, 1.807) is 12.1 Å². The van der Waals surface area contributed by atoms with Gasteiger partial charge < -0.3 is 20.7 Å². The van der Waals surface area contributed by atoms with E-state index in [0.717, 1.165) is 5.56 Å². The SMILES string of the molecule is COc1cc(O)ccc1[C@H](N)CCCO.Cl. The predicted octanol–water partition coefficient (Wildman–Crippen LogP) is 1.59. The maximum Gasteiger partial charge on any atom is 0.127 e. The van der Waals surface area contributed by atoms with Crippen LogP contribution >= 0.6 is 12.4 Å². The number of phenolic OH excluding ortho intramolecular Hbond substituents is 1. The fourth-order valence-electron chi connectivity index (χ4n) is 1.47. The molecule has 0 spiro atoms. The van der Waals surface area contributed by atoms with Crippen molar-refractivity contribution in [3.05, 3.63) is 23.8 Å². The number of rotatable bonds is 5. The highest BCUT2D eigenvalue weighted by Crippen LogP contribution is 2.29. The molecule has 92 valence electrons. The number of aliphatic hydroxyl groups is 1. The van der Waals surface area contributed by atoms with Gasteiger partial charge in [0.2, 0.25) is 0 Å². The molecule has 4 N–H and O–H groups in total. The zero-order valence-corrected chi connectivity index (χ0v) is 10.0. The molecular formula is C11H18ClNO3. The minimum atomic E-state index is -0.173. The average molecular weight is 248 g/mol. The highest BCUT2D eigenvalue weighted by Gasteiger charge is 2.11. The number of halogens is 1. The molecule has 0 saturated carbocycles. The van der Waals surface area contributed by atoms with Gasteiger partial charge >= 0.3 is 0 Å². The third-order valence-corrected chi connectivity index (χ3v) is 2.29. The Morgan fingerprint density at radius 3 is 2.69 bits per heavy atom. The number of ether oxygens (including phenoxy) is 1. The number of hydrogen-bond acceptors (Lipinski definition) is 4. The van der Waals surface area contributed by atoms with E-state index < -0.39 is 0 Å². The van der Waals surface area contributed by atoms with Crippen molar-refractivity contribution in [2.24, 2.45) is 5.73 Å². The van der Waals surface area contributed by atoms with Gasteiger partial charge in [-0.25, -0.2) is 0 Å². The van der Waals surface area contributed by atoms with Crippen LogP contribution in [0.1, 0.15) is 24.4 Å². The van der Waals surface area contributed by atoms with Crippen LogP contribution in [0.25, 0.3) is 0 Å². The molecule has 0 heterocycles. The van der Waals surface area contributed by atoms with Crippen LogP contribution in [0.2, 0.25) is 0 Å². The topological polar surface area (TPSA) is 75.7 Å². The van der Waals surface area contributed by atoms with Crippen LogP contribution < -0.4 is 10.5 Å². The molecule has 0 saturated heterocycles. The maximum absolute atomic E-state index is 9.27. The Kier molecular flexibility index (Phi) is 6.88. The summed E-state index contributed by atoms with van der Waals surface area (Å²) < 4.78 is 5.12. The van der Waals surface area contributed by atoms with Crippen molar-refractivity contribution in [1.29, 1.82) is 0 Å². The summed E-state index contributed by atoms with van der Waals surface area (Å²) in [6.07, 6.45) is 1.35. The summed E-state index contributed by atoms with van der Waals surface area (Å²) >= 11 is 0. The summed E-state index contributed by atoms with van der Waals surface area (Å²) in [7, 11) is 1.54. The highest BCUT2D eigenvalue weighted by atomic mass is 35.5. The first-order valence-electron chi connectivity index (χ1n) is 4.92. The normalized spacial score (nSPS) is 11.7. The second-order valence-corrected chi connectivity index (χ2v) is 3.40. The van der Waals surface area contributed by atoms with E-state index in [0.29, 0.717) is 18.6 Å². The lowest BCUT2D eigenvalue weighted by Gasteiger charge is -2.15. The summed E-state index contributed by atoms with van der Waals surface area (Å²) in [5.41, 5.74) is 6.79. The Hall–Kier alpha value is -0.970. The molecule has 1 aromatic carbocycles. The largest absolute Gasteiger partial charge is 0.508 e. The molecule has 0 aromatic heterocycles. The molecular weight excluding hydrogens is 230 g/mol. The van der Waals surface area contributed by atoms with Crippen LogP contribution in [0.15, 0.2) is 18.2 Å². The predicted molar refractivity (Wildman–Crippen MR) is 65.2 cm³/mol. The molecule has 0 aliphatic heterocycles. The summed E-state index contributed by atoms with van der Waals surface area (Å²) in [6.45, 7) is 0.133. The number of aliphatic hydroxyl groups excluding tert-OH is 1. The Bertz CT molecular complexity index is 320. The second kappa shape index (κ2) is 7.33. The lowest BCUT2D eigenvalue weighted by molar-refractivity contribution is 0.279. The van der Waals surface area contributed by atoms with Crippen molar-refractivity contribution in [2.45, 2.75) is 18.9 Å². The van der Waals surface area contributed by atoms with E-state index >= 15 is 0 Å². The molecule has 0 fully saturated rings. The molecule has 0 bridgehead atoms. The van der Waals surface area contributed by atoms with Gasteiger partial charge in [-0.15, -0.1) is 12.4 Å². The standard InChI is InChI=1S/C11H17NO3.ClH/c1-15-11-7-8(14)4-5-9(11)10(12)3-2-6-13;/h4-5,7,10,13-14H,2-3,6,12H2,1H3;1H/t10-;/m1./s1. The van der Waals surface area contributed by atoms with Gasteiger partial charge in [0, 0.05) is 24.3 Å². The first-order chi connectivity index (χ1) is 7.19. The Morgan fingerprint density at radius 2 is 2.12 bits per heavy atom. The molecule has 4 nitrogen and oxygen atoms in total. The molecule has 0 aliphatic rings. The van der Waals surface area contributed by atoms with Crippen molar-refractivity contribution < 1.29 is 14.9 Å². The van der Waals surface area contributed by atoms with Crippen LogP contribution in [0.3, 0.4) is 0 Å². The summed E-state index contributed by atoms with van der Waals surface area (Å²) in [4.78, 5) is 0. The van der Waals surface area contributed by atoms with E-state index in [2.05, 4.69) is 0 Å². The first-order valence-corrected chi connectivity index (χ1v) is 4.92. The number of nitrogens with two attached hydrogens (primary N) is 1. The van der Waals surface area contributed by atoms with Gasteiger partial charge in [0.25, 0.3) is 0 Å². The highest BCUT2D eigenvalue weighted by molar-refractivity contribution is 5.85. The van der Waals surface area contributed by atoms with Crippen molar-refractivity contribution in [3.63, 3.8) is 0 Å². The molecule has 5 heteroatoms. The van der Waals surface area contributed by atoms with E-state index in [4.69, 9.17) is 15.6 Å². The Labute approximate surface area is 101 Å². The zero-order chi connectivity index (χ0) is 11.3. The van der Waals surface area contributed by atoms with Crippen molar-refractivity contribution in [2.75, 3.05) is 13.7 Å². The average Bonchev–Trinajstić information content (AvgIpc) is 2.25. The number of methoxy groups -OCH3 is 1. The molecule has 0 unspecified atom stereocenters. The molecule has 0 aliphatic carbocycles. The number of hydrogen-bond donors (Lipinski definition) is 3. The number of aromatic hydroxyl groups is 1. The van der Waals surface area contributed by atoms with Gasteiger partial charge in [-0.05, 0) is 18.9 Å². The van der Waals surface area contributed by atoms with Crippen LogP contribution in [-0.2, 0) is 0 Å². The fraction of sp³-hybridized carbons (Fsp3) is 0.455. The monoisotopic (exact) mass is 247 g/mol. The van der Waals surface area contributed by atoms with Gasteiger partial charge in [-0.1, -0.05) is 6.07 Å². The smallest absolute Gasteiger partial charge is 0.127 e. The van der Waals surface area contributed by atoms with Crippen molar-refractivity contribution in [3.8, 4) is 11.5 Å². The molecule has 0 radical (unpaired) electrons. The summed E-state index contributed by atoms with van der Waals surface area (Å²) in [6, 6.07) is 4.69. The molecule has 0 amide bonds. The Morgan fingerprint density at radius 1 is 1.44 bits per heavy atom. The second-order valence-electron chi connectivity index (χ2n) is 3.40. The minimum Gasteiger partial charge on any atom is -0.508 e. The summed E-state index contributed by atoms with van der Waals surface area (Å²) in [5, 5.41) is 18.0. The van der Waals surface area contributed by atoms with Gasteiger partial charge in [-0.3, -0.25) is 0 Å². The minimum absolute atomic E-state index is 0. The van der Waals surface area contributed by atoms with Gasteiger partial charge in [-0.2, -0.15) is 0 Å². The maximum atomic E-state index is 9.27. The number of benzene rings is 1. The van der Waals surface area contributed by atoms with Crippen LogP contribution in [-0.4, -0.2) is 23.9 Å². The van der Waals surface area contributed by atoms with E-state index in [1.165, 1.54) is 13.2 Å². The molecule has 1 atom stereocenters. The van der Waals surface area contributed by atoms with E-state index in [-0.39, 0.29) is 30.8 Å². The lowest BCUT2D eigenvalue weighted by Crippen LogP contribution is -2.12. The van der Waals surface area contributed by atoms with Crippen LogP contribution in [0, 0.1) is 0 Å². The Balaban J connectivity index is 0.00000225. The lowest BCUT2D eigenvalue weighted by atomic mass is 10.0. The van der Waals surface area contributed by atoms with E-state index in [9.17, 15) is 5.11 Å². The fourth-order valence-corrected chi connectivity index (χ4v) is 1.47. The zero-order valence-electron chi connectivity index (χ0n) is 9.22. The van der Waals surface area contributed by atoms with Crippen LogP contribution in [0.5, 0.6) is 11.5 Å². The summed E-state index contributed by atoms with van der Waals surface area (Å²) in [5.74, 6) is 0.741. The van der Waals surface area contributed by atoms with Gasteiger partial charge in [0.15, 0.2) is 0 Å². The molecule has 16 heavy (non-hydrogen) atoms. The third-order valence-electron chi connectivity index (χ3n) is 2.29. The molecule has 1 aromatic rings. The number of phenols is 1. The van der Waals surface area contributed by atoms with Crippen LogP contribution in [0.4, 0.5) is 0 Å². The molecule has 1 rings (SSSR count). The van der Waals surface area contributed by atoms with E-state index in [1.807, 2.05) is 0 Å². The van der Waals surface area contributed by atoms with Crippen molar-refractivity contribution in [1.82, 2.24) is 0 Å². The van der Waals surface area contributed by atoms with Crippen molar-refractivity contribution >= 4 is 12.4 Å². The quantitative estimate of drug-likeness (QED) is 0.739.